The Morgan fingerprint density at radius 3 is 2.00 bits per heavy atom. The van der Waals surface area contributed by atoms with Crippen LogP contribution >= 0.6 is 15.9 Å². The van der Waals surface area contributed by atoms with E-state index in [-0.39, 0.29) is 11.6 Å². The smallest absolute Gasteiger partial charge is 0.151 e. The highest BCUT2D eigenvalue weighted by Crippen LogP contribution is 2.05. The lowest BCUT2D eigenvalue weighted by Gasteiger charge is -2.22. The summed E-state index contributed by atoms with van der Waals surface area (Å²) in [6.45, 7) is 0. The Labute approximate surface area is 77.8 Å². The molecule has 5 nitrogen and oxygen atoms in total. The molecule has 0 saturated heterocycles. The monoisotopic (exact) mass is 242 g/mol. The number of rotatable bonds is 5. The van der Waals surface area contributed by atoms with Gasteiger partial charge in [-0.3, -0.25) is 0 Å². The lowest BCUT2D eigenvalue weighted by Crippen LogP contribution is -2.45. The molecule has 0 bridgehead atoms. The Morgan fingerprint density at radius 1 is 1.17 bits per heavy atom. The second-order valence-electron chi connectivity index (χ2n) is 2.33. The van der Waals surface area contributed by atoms with Gasteiger partial charge in [0.25, 0.3) is 0 Å². The molecule has 0 saturated carbocycles. The van der Waals surface area contributed by atoms with Gasteiger partial charge in [-0.1, -0.05) is 15.9 Å². The fraction of sp³-hybridized carbons (Fsp3) is 0.833. The van der Waals surface area contributed by atoms with Crippen molar-refractivity contribution in [1.82, 2.24) is 0 Å². The molecule has 4 unspecified atom stereocenters. The summed E-state index contributed by atoms with van der Waals surface area (Å²) in [4.78, 5) is 9.95. The maximum absolute atomic E-state index is 9.95. The molecule has 0 heterocycles. The maximum Gasteiger partial charge on any atom is 0.151 e. The topological polar surface area (TPSA) is 98.0 Å². The van der Waals surface area contributed by atoms with Gasteiger partial charge < -0.3 is 25.2 Å². The molecule has 4 atom stereocenters. The van der Waals surface area contributed by atoms with Crippen molar-refractivity contribution in [1.29, 1.82) is 0 Å². The molecule has 4 N–H and O–H groups in total. The highest BCUT2D eigenvalue weighted by atomic mass is 79.9. The minimum absolute atomic E-state index is 0.0524. The lowest BCUT2D eigenvalue weighted by molar-refractivity contribution is -0.131. The zero-order valence-electron chi connectivity index (χ0n) is 6.17. The first-order chi connectivity index (χ1) is 5.54. The van der Waals surface area contributed by atoms with E-state index in [2.05, 4.69) is 15.9 Å². The van der Waals surface area contributed by atoms with Gasteiger partial charge in [0, 0.05) is 5.33 Å². The van der Waals surface area contributed by atoms with Gasteiger partial charge in [-0.2, -0.15) is 0 Å². The summed E-state index contributed by atoms with van der Waals surface area (Å²) in [6.07, 6.45) is -5.99. The number of hydrogen-bond acceptors (Lipinski definition) is 5. The molecule has 6 heteroatoms. The quantitative estimate of drug-likeness (QED) is 0.331. The fourth-order valence-corrected chi connectivity index (χ4v) is 0.984. The standard InChI is InChI=1S/C6H11BrO5/c7-1-3(9)5(11)6(12)4(10)2-8/h2-6,9-12H,1H2. The molecular formula is C6H11BrO5. The number of carbonyl (C=O) groups is 1. The van der Waals surface area contributed by atoms with Crippen LogP contribution in [-0.2, 0) is 4.79 Å². The van der Waals surface area contributed by atoms with Crippen molar-refractivity contribution in [2.24, 2.45) is 0 Å². The van der Waals surface area contributed by atoms with Crippen molar-refractivity contribution in [3.8, 4) is 0 Å². The fourth-order valence-electron chi connectivity index (χ4n) is 0.601. The highest BCUT2D eigenvalue weighted by molar-refractivity contribution is 9.09. The summed E-state index contributed by atoms with van der Waals surface area (Å²) in [7, 11) is 0. The number of aliphatic hydroxyl groups excluding tert-OH is 4. The second kappa shape index (κ2) is 5.60. The molecule has 72 valence electrons. The molecule has 12 heavy (non-hydrogen) atoms. The van der Waals surface area contributed by atoms with E-state index in [1.165, 1.54) is 0 Å². The van der Waals surface area contributed by atoms with Gasteiger partial charge in [0.15, 0.2) is 6.29 Å². The summed E-state index contributed by atoms with van der Waals surface area (Å²) in [5.74, 6) is 0. The van der Waals surface area contributed by atoms with Crippen molar-refractivity contribution in [3.05, 3.63) is 0 Å². The van der Waals surface area contributed by atoms with Crippen molar-refractivity contribution in [2.75, 3.05) is 5.33 Å². The third-order valence-corrected chi connectivity index (χ3v) is 2.05. The molecule has 0 aliphatic rings. The molecular weight excluding hydrogens is 232 g/mol. The number of carbonyl (C=O) groups excluding carboxylic acids is 1. The van der Waals surface area contributed by atoms with Crippen LogP contribution < -0.4 is 0 Å². The van der Waals surface area contributed by atoms with Crippen molar-refractivity contribution in [3.63, 3.8) is 0 Å². The Kier molecular flexibility index (Phi) is 5.60. The Morgan fingerprint density at radius 2 is 1.67 bits per heavy atom. The molecule has 0 aromatic rings. The van der Waals surface area contributed by atoms with Gasteiger partial charge >= 0.3 is 0 Å². The largest absolute Gasteiger partial charge is 0.389 e. The number of alkyl halides is 1. The van der Waals surface area contributed by atoms with Gasteiger partial charge in [0.05, 0.1) is 6.10 Å². The first-order valence-electron chi connectivity index (χ1n) is 3.28. The highest BCUT2D eigenvalue weighted by Gasteiger charge is 2.29. The van der Waals surface area contributed by atoms with E-state index in [1.54, 1.807) is 0 Å². The zero-order valence-corrected chi connectivity index (χ0v) is 7.75. The number of aldehydes is 1. The molecule has 0 spiro atoms. The minimum Gasteiger partial charge on any atom is -0.389 e. The molecule has 0 aliphatic heterocycles. The maximum atomic E-state index is 9.95. The van der Waals surface area contributed by atoms with Gasteiger partial charge in [-0.25, -0.2) is 0 Å². The van der Waals surface area contributed by atoms with Crippen LogP contribution in [0.1, 0.15) is 0 Å². The van der Waals surface area contributed by atoms with Gasteiger partial charge in [-0.05, 0) is 0 Å². The predicted molar refractivity (Wildman–Crippen MR) is 43.9 cm³/mol. The molecule has 0 radical (unpaired) electrons. The third-order valence-electron chi connectivity index (χ3n) is 1.39. The van der Waals surface area contributed by atoms with Crippen LogP contribution in [0.25, 0.3) is 0 Å². The van der Waals surface area contributed by atoms with E-state index in [1.807, 2.05) is 0 Å². The summed E-state index contributed by atoms with van der Waals surface area (Å²) < 4.78 is 0. The Balaban J connectivity index is 4.07. The normalized spacial score (nSPS) is 21.1. The van der Waals surface area contributed by atoms with E-state index < -0.39 is 24.4 Å². The number of hydrogen-bond donors (Lipinski definition) is 4. The van der Waals surface area contributed by atoms with E-state index in [4.69, 9.17) is 20.4 Å². The lowest BCUT2D eigenvalue weighted by atomic mass is 10.1. The second-order valence-corrected chi connectivity index (χ2v) is 2.98. The Hall–Kier alpha value is -0.01000. The number of aliphatic hydroxyl groups is 4. The Bertz CT molecular complexity index is 142. The third kappa shape index (κ3) is 3.16. The minimum atomic E-state index is -1.67. The molecule has 0 aromatic heterocycles. The van der Waals surface area contributed by atoms with E-state index >= 15 is 0 Å². The van der Waals surface area contributed by atoms with Gasteiger partial charge in [-0.15, -0.1) is 0 Å². The molecule has 0 aromatic carbocycles. The summed E-state index contributed by atoms with van der Waals surface area (Å²) in [5, 5.41) is 35.8. The SMILES string of the molecule is O=CC(O)C(O)C(O)C(O)CBr. The average Bonchev–Trinajstić information content (AvgIpc) is 2.12. The van der Waals surface area contributed by atoms with E-state index in [9.17, 15) is 4.79 Å². The number of halogens is 1. The van der Waals surface area contributed by atoms with Crippen molar-refractivity contribution >= 4 is 22.2 Å². The van der Waals surface area contributed by atoms with Crippen molar-refractivity contribution < 1.29 is 25.2 Å². The van der Waals surface area contributed by atoms with Crippen LogP contribution in [0.4, 0.5) is 0 Å². The zero-order chi connectivity index (χ0) is 9.72. The van der Waals surface area contributed by atoms with Crippen LogP contribution in [0.2, 0.25) is 0 Å². The van der Waals surface area contributed by atoms with E-state index in [0.29, 0.717) is 0 Å². The summed E-state index contributed by atoms with van der Waals surface area (Å²) in [5.41, 5.74) is 0. The van der Waals surface area contributed by atoms with Crippen molar-refractivity contribution in [2.45, 2.75) is 24.4 Å². The van der Waals surface area contributed by atoms with Crippen LogP contribution in [0.3, 0.4) is 0 Å². The first-order valence-corrected chi connectivity index (χ1v) is 4.40. The van der Waals surface area contributed by atoms with Gasteiger partial charge in [0.2, 0.25) is 0 Å². The summed E-state index contributed by atoms with van der Waals surface area (Å²) in [6, 6.07) is 0. The van der Waals surface area contributed by atoms with Gasteiger partial charge in [0.1, 0.15) is 18.3 Å². The molecule has 0 fully saturated rings. The summed E-state index contributed by atoms with van der Waals surface area (Å²) >= 11 is 2.86. The first kappa shape index (κ1) is 12.0. The van der Waals surface area contributed by atoms with Crippen LogP contribution in [0, 0.1) is 0 Å². The van der Waals surface area contributed by atoms with E-state index in [0.717, 1.165) is 0 Å². The van der Waals surface area contributed by atoms with Crippen LogP contribution in [0.5, 0.6) is 0 Å². The predicted octanol–water partition coefficient (Wildman–Crippen LogP) is -1.98. The molecule has 0 amide bonds. The van der Waals surface area contributed by atoms with Crippen LogP contribution in [-0.4, -0.2) is 56.5 Å². The van der Waals surface area contributed by atoms with Crippen LogP contribution in [0.15, 0.2) is 0 Å². The average molecular weight is 243 g/mol. The molecule has 0 rings (SSSR count). The molecule has 0 aliphatic carbocycles.